The van der Waals surface area contributed by atoms with Gasteiger partial charge in [0.15, 0.2) is 0 Å². The third-order valence-electron chi connectivity index (χ3n) is 4.03. The van der Waals surface area contributed by atoms with Crippen molar-refractivity contribution >= 4 is 0 Å². The van der Waals surface area contributed by atoms with E-state index in [4.69, 9.17) is 5.10 Å². The topological polar surface area (TPSA) is 47.7 Å². The normalized spacial score (nSPS) is 16.1. The van der Waals surface area contributed by atoms with E-state index in [0.717, 1.165) is 25.3 Å². The molecule has 2 heterocycles. The molecule has 0 unspecified atom stereocenters. The minimum absolute atomic E-state index is 0.614. The Balaban J connectivity index is 1.67. The molecule has 0 bridgehead atoms. The SMILES string of the molecule is CCNCc1ccnn1Cc1ccn(C2CCCC2)n1. The molecule has 2 aromatic rings. The first-order chi connectivity index (χ1) is 9.86. The highest BCUT2D eigenvalue weighted by molar-refractivity contribution is 5.06. The Labute approximate surface area is 120 Å². The number of hydrogen-bond acceptors (Lipinski definition) is 3. The van der Waals surface area contributed by atoms with Crippen LogP contribution in [0.1, 0.15) is 50.0 Å². The molecular weight excluding hydrogens is 250 g/mol. The highest BCUT2D eigenvalue weighted by atomic mass is 15.3. The van der Waals surface area contributed by atoms with Crippen molar-refractivity contribution in [2.24, 2.45) is 0 Å². The second kappa shape index (κ2) is 6.22. The van der Waals surface area contributed by atoms with Gasteiger partial charge in [-0.2, -0.15) is 10.2 Å². The van der Waals surface area contributed by atoms with Gasteiger partial charge in [0.2, 0.25) is 0 Å². The van der Waals surface area contributed by atoms with Crippen LogP contribution in [0.15, 0.2) is 24.5 Å². The Hall–Kier alpha value is -1.62. The summed E-state index contributed by atoms with van der Waals surface area (Å²) in [6.07, 6.45) is 9.21. The molecule has 1 N–H and O–H groups in total. The van der Waals surface area contributed by atoms with E-state index in [9.17, 15) is 0 Å². The summed E-state index contributed by atoms with van der Waals surface area (Å²) in [6, 6.07) is 4.80. The first-order valence-electron chi connectivity index (χ1n) is 7.62. The maximum absolute atomic E-state index is 4.72. The maximum Gasteiger partial charge on any atom is 0.0853 e. The van der Waals surface area contributed by atoms with Crippen molar-refractivity contribution in [3.63, 3.8) is 0 Å². The molecule has 0 atom stereocenters. The summed E-state index contributed by atoms with van der Waals surface area (Å²) in [4.78, 5) is 0. The summed E-state index contributed by atoms with van der Waals surface area (Å²) in [5.74, 6) is 0. The Morgan fingerprint density at radius 1 is 1.30 bits per heavy atom. The van der Waals surface area contributed by atoms with Crippen LogP contribution in [0.3, 0.4) is 0 Å². The first-order valence-corrected chi connectivity index (χ1v) is 7.62. The predicted molar refractivity (Wildman–Crippen MR) is 78.4 cm³/mol. The van der Waals surface area contributed by atoms with E-state index in [-0.39, 0.29) is 0 Å². The summed E-state index contributed by atoms with van der Waals surface area (Å²) in [7, 11) is 0. The molecule has 20 heavy (non-hydrogen) atoms. The van der Waals surface area contributed by atoms with E-state index in [1.807, 2.05) is 10.9 Å². The van der Waals surface area contributed by atoms with Gasteiger partial charge in [0.05, 0.1) is 24.0 Å². The van der Waals surface area contributed by atoms with E-state index in [0.29, 0.717) is 6.04 Å². The number of hydrogen-bond donors (Lipinski definition) is 1. The molecule has 1 saturated carbocycles. The molecule has 0 radical (unpaired) electrons. The zero-order valence-electron chi connectivity index (χ0n) is 12.1. The van der Waals surface area contributed by atoms with Gasteiger partial charge in [0.25, 0.3) is 0 Å². The zero-order chi connectivity index (χ0) is 13.8. The molecule has 0 saturated heterocycles. The molecule has 5 nitrogen and oxygen atoms in total. The number of nitrogens with zero attached hydrogens (tertiary/aromatic N) is 4. The van der Waals surface area contributed by atoms with E-state index >= 15 is 0 Å². The third-order valence-corrected chi connectivity index (χ3v) is 4.03. The van der Waals surface area contributed by atoms with Gasteiger partial charge >= 0.3 is 0 Å². The lowest BCUT2D eigenvalue weighted by Gasteiger charge is -2.09. The van der Waals surface area contributed by atoms with Crippen molar-refractivity contribution < 1.29 is 0 Å². The molecule has 1 aliphatic rings. The minimum atomic E-state index is 0.614. The lowest BCUT2D eigenvalue weighted by molar-refractivity contribution is 0.459. The van der Waals surface area contributed by atoms with Crippen molar-refractivity contribution in [2.45, 2.75) is 51.7 Å². The molecule has 108 valence electrons. The van der Waals surface area contributed by atoms with Gasteiger partial charge in [-0.05, 0) is 31.5 Å². The molecule has 0 aliphatic heterocycles. The number of nitrogens with one attached hydrogen (secondary N) is 1. The van der Waals surface area contributed by atoms with Crippen LogP contribution in [0.4, 0.5) is 0 Å². The Morgan fingerprint density at radius 3 is 2.95 bits per heavy atom. The average molecular weight is 273 g/mol. The Kier molecular flexibility index (Phi) is 4.16. The first kappa shape index (κ1) is 13.4. The van der Waals surface area contributed by atoms with E-state index in [1.165, 1.54) is 31.4 Å². The van der Waals surface area contributed by atoms with Gasteiger partial charge in [-0.3, -0.25) is 9.36 Å². The fourth-order valence-corrected chi connectivity index (χ4v) is 2.89. The molecule has 5 heteroatoms. The summed E-state index contributed by atoms with van der Waals surface area (Å²) in [5.41, 5.74) is 2.31. The molecule has 0 aromatic carbocycles. The number of aromatic nitrogens is 4. The summed E-state index contributed by atoms with van der Waals surface area (Å²) < 4.78 is 4.18. The summed E-state index contributed by atoms with van der Waals surface area (Å²) in [6.45, 7) is 4.71. The largest absolute Gasteiger partial charge is 0.311 e. The van der Waals surface area contributed by atoms with E-state index in [2.05, 4.69) is 40.4 Å². The molecule has 0 amide bonds. The second-order valence-electron chi connectivity index (χ2n) is 5.49. The van der Waals surface area contributed by atoms with Gasteiger partial charge in [0, 0.05) is 18.9 Å². The highest BCUT2D eigenvalue weighted by Gasteiger charge is 2.17. The van der Waals surface area contributed by atoms with Gasteiger partial charge in [-0.25, -0.2) is 0 Å². The van der Waals surface area contributed by atoms with Crippen molar-refractivity contribution in [2.75, 3.05) is 6.54 Å². The van der Waals surface area contributed by atoms with Crippen LogP contribution in [-0.2, 0) is 13.1 Å². The summed E-state index contributed by atoms with van der Waals surface area (Å²) >= 11 is 0. The lowest BCUT2D eigenvalue weighted by Crippen LogP contribution is -2.16. The smallest absolute Gasteiger partial charge is 0.0853 e. The maximum atomic E-state index is 4.72. The van der Waals surface area contributed by atoms with Crippen LogP contribution in [0.5, 0.6) is 0 Å². The monoisotopic (exact) mass is 273 g/mol. The fraction of sp³-hybridized carbons (Fsp3) is 0.600. The Bertz CT molecular complexity index is 536. The molecule has 3 rings (SSSR count). The predicted octanol–water partition coefficient (Wildman–Crippen LogP) is 2.35. The molecule has 0 spiro atoms. The van der Waals surface area contributed by atoms with Crippen LogP contribution < -0.4 is 5.32 Å². The van der Waals surface area contributed by atoms with Gasteiger partial charge in [-0.15, -0.1) is 0 Å². The quantitative estimate of drug-likeness (QED) is 0.879. The fourth-order valence-electron chi connectivity index (χ4n) is 2.89. The summed E-state index contributed by atoms with van der Waals surface area (Å²) in [5, 5.41) is 12.5. The molecule has 2 aromatic heterocycles. The molecule has 1 fully saturated rings. The zero-order valence-corrected chi connectivity index (χ0v) is 12.1. The number of rotatable bonds is 6. The van der Waals surface area contributed by atoms with Crippen LogP contribution in [-0.4, -0.2) is 26.1 Å². The van der Waals surface area contributed by atoms with E-state index < -0.39 is 0 Å². The van der Waals surface area contributed by atoms with Crippen molar-refractivity contribution in [1.29, 1.82) is 0 Å². The minimum Gasteiger partial charge on any atom is -0.311 e. The molecular formula is C15H23N5. The van der Waals surface area contributed by atoms with E-state index in [1.54, 1.807) is 0 Å². The van der Waals surface area contributed by atoms with Crippen molar-refractivity contribution in [1.82, 2.24) is 24.9 Å². The molecule has 1 aliphatic carbocycles. The third kappa shape index (κ3) is 2.93. The standard InChI is InChI=1S/C15H23N5/c1-2-16-11-15-7-9-17-20(15)12-13-8-10-19(18-13)14-5-3-4-6-14/h7-10,14,16H,2-6,11-12H2,1H3. The Morgan fingerprint density at radius 2 is 2.15 bits per heavy atom. The van der Waals surface area contributed by atoms with Gasteiger partial charge in [-0.1, -0.05) is 19.8 Å². The van der Waals surface area contributed by atoms with Crippen molar-refractivity contribution in [3.05, 3.63) is 35.9 Å². The second-order valence-corrected chi connectivity index (χ2v) is 5.49. The van der Waals surface area contributed by atoms with Crippen LogP contribution in [0.25, 0.3) is 0 Å². The van der Waals surface area contributed by atoms with Crippen LogP contribution in [0.2, 0.25) is 0 Å². The highest BCUT2D eigenvalue weighted by Crippen LogP contribution is 2.28. The average Bonchev–Trinajstić information content (AvgIpc) is 3.18. The lowest BCUT2D eigenvalue weighted by atomic mass is 10.3. The van der Waals surface area contributed by atoms with Crippen LogP contribution >= 0.6 is 0 Å². The van der Waals surface area contributed by atoms with Gasteiger partial charge < -0.3 is 5.32 Å². The van der Waals surface area contributed by atoms with Gasteiger partial charge in [0.1, 0.15) is 0 Å². The van der Waals surface area contributed by atoms with Crippen LogP contribution in [0, 0.1) is 0 Å². The van der Waals surface area contributed by atoms with Crippen molar-refractivity contribution in [3.8, 4) is 0 Å².